The van der Waals surface area contributed by atoms with Gasteiger partial charge in [0, 0.05) is 36.9 Å². The first-order valence-corrected chi connectivity index (χ1v) is 7.55. The molecule has 0 bridgehead atoms. The molecule has 24 heavy (non-hydrogen) atoms. The van der Waals surface area contributed by atoms with E-state index in [4.69, 9.17) is 0 Å². The van der Waals surface area contributed by atoms with E-state index < -0.39 is 0 Å². The van der Waals surface area contributed by atoms with Crippen molar-refractivity contribution in [2.45, 2.75) is 6.54 Å². The summed E-state index contributed by atoms with van der Waals surface area (Å²) in [5.41, 5.74) is 3.81. The number of fused-ring (bicyclic) bond motifs is 1. The first-order valence-electron chi connectivity index (χ1n) is 7.55. The third-order valence-electron chi connectivity index (χ3n) is 3.80. The number of hydrogen-bond donors (Lipinski definition) is 2. The molecule has 3 heterocycles. The van der Waals surface area contributed by atoms with Crippen molar-refractivity contribution in [3.63, 3.8) is 0 Å². The number of aromatic hydroxyl groups is 1. The molecule has 4 rings (SSSR count). The maximum Gasteiger partial charge on any atom is 0.180 e. The van der Waals surface area contributed by atoms with Gasteiger partial charge < -0.3 is 10.4 Å². The zero-order chi connectivity index (χ0) is 16.4. The van der Waals surface area contributed by atoms with Crippen LogP contribution in [0.25, 0.3) is 16.9 Å². The number of hydrogen-bond acceptors (Lipinski definition) is 5. The Labute approximate surface area is 138 Å². The normalized spacial score (nSPS) is 10.8. The Kier molecular flexibility index (Phi) is 3.55. The number of imidazole rings is 1. The van der Waals surface area contributed by atoms with E-state index in [-0.39, 0.29) is 5.75 Å². The third kappa shape index (κ3) is 2.65. The predicted octanol–water partition coefficient (Wildman–Crippen LogP) is 3.11. The minimum Gasteiger partial charge on any atom is -0.508 e. The van der Waals surface area contributed by atoms with Gasteiger partial charge in [0.15, 0.2) is 11.5 Å². The number of phenolic OH excluding ortho intramolecular Hbond substituents is 1. The van der Waals surface area contributed by atoms with Gasteiger partial charge in [0.25, 0.3) is 0 Å². The van der Waals surface area contributed by atoms with Crippen LogP contribution in [0.15, 0.2) is 67.4 Å². The molecule has 0 unspecified atom stereocenters. The highest BCUT2D eigenvalue weighted by Gasteiger charge is 2.10. The fraction of sp³-hybridized carbons (Fsp3) is 0.0556. The van der Waals surface area contributed by atoms with Crippen LogP contribution in [-0.2, 0) is 6.54 Å². The largest absolute Gasteiger partial charge is 0.508 e. The van der Waals surface area contributed by atoms with Crippen LogP contribution >= 0.6 is 0 Å². The number of phenols is 1. The zero-order valence-corrected chi connectivity index (χ0v) is 12.8. The quantitative estimate of drug-likeness (QED) is 0.605. The number of nitrogens with one attached hydrogen (secondary N) is 1. The number of anilines is 1. The highest BCUT2D eigenvalue weighted by atomic mass is 16.3. The van der Waals surface area contributed by atoms with Gasteiger partial charge in [-0.15, -0.1) is 0 Å². The summed E-state index contributed by atoms with van der Waals surface area (Å²) in [4.78, 5) is 12.9. The Morgan fingerprint density at radius 3 is 2.54 bits per heavy atom. The Morgan fingerprint density at radius 2 is 1.75 bits per heavy atom. The van der Waals surface area contributed by atoms with Crippen LogP contribution in [0.5, 0.6) is 5.75 Å². The first-order chi connectivity index (χ1) is 11.8. The van der Waals surface area contributed by atoms with Crippen LogP contribution in [0.4, 0.5) is 5.82 Å². The van der Waals surface area contributed by atoms with Gasteiger partial charge in [-0.05, 0) is 42.0 Å². The van der Waals surface area contributed by atoms with Crippen LogP contribution in [0.3, 0.4) is 0 Å². The fourth-order valence-corrected chi connectivity index (χ4v) is 2.58. The second-order valence-corrected chi connectivity index (χ2v) is 5.37. The Bertz CT molecular complexity index is 964. The molecule has 0 fully saturated rings. The monoisotopic (exact) mass is 317 g/mol. The molecule has 6 heteroatoms. The van der Waals surface area contributed by atoms with Crippen LogP contribution in [0, 0.1) is 0 Å². The lowest BCUT2D eigenvalue weighted by atomic mass is 10.1. The van der Waals surface area contributed by atoms with Gasteiger partial charge in [-0.2, -0.15) is 0 Å². The summed E-state index contributed by atoms with van der Waals surface area (Å²) in [6.45, 7) is 0.649. The van der Waals surface area contributed by atoms with Crippen molar-refractivity contribution in [3.8, 4) is 17.0 Å². The molecular formula is C18H15N5O. The van der Waals surface area contributed by atoms with Crippen molar-refractivity contribution >= 4 is 11.5 Å². The lowest BCUT2D eigenvalue weighted by Crippen LogP contribution is -2.04. The maximum atomic E-state index is 9.44. The number of pyridine rings is 1. The number of aromatic nitrogens is 4. The van der Waals surface area contributed by atoms with E-state index in [9.17, 15) is 5.11 Å². The molecule has 0 amide bonds. The molecule has 0 saturated carbocycles. The molecule has 0 radical (unpaired) electrons. The van der Waals surface area contributed by atoms with Gasteiger partial charge >= 0.3 is 0 Å². The van der Waals surface area contributed by atoms with Crippen molar-refractivity contribution < 1.29 is 5.11 Å². The summed E-state index contributed by atoms with van der Waals surface area (Å²) < 4.78 is 1.98. The molecule has 0 aliphatic carbocycles. The van der Waals surface area contributed by atoms with E-state index >= 15 is 0 Å². The third-order valence-corrected chi connectivity index (χ3v) is 3.80. The second-order valence-electron chi connectivity index (χ2n) is 5.37. The maximum absolute atomic E-state index is 9.44. The molecule has 0 spiro atoms. The molecule has 6 nitrogen and oxygen atoms in total. The molecule has 3 aromatic heterocycles. The lowest BCUT2D eigenvalue weighted by Gasteiger charge is -2.08. The molecule has 118 valence electrons. The van der Waals surface area contributed by atoms with Crippen molar-refractivity contribution in [2.75, 3.05) is 5.32 Å². The van der Waals surface area contributed by atoms with Crippen molar-refractivity contribution in [2.24, 2.45) is 0 Å². The standard InChI is InChI=1S/C18H15N5O/c24-15-3-1-14(2-4-15)16-12-22-18-17(20-9-10-23(16)18)21-11-13-5-7-19-8-6-13/h1-10,12,24H,11H2,(H,20,21). The van der Waals surface area contributed by atoms with Gasteiger partial charge in [0.05, 0.1) is 11.9 Å². The minimum absolute atomic E-state index is 0.244. The van der Waals surface area contributed by atoms with E-state index in [1.54, 1.807) is 36.9 Å². The molecule has 0 aliphatic rings. The predicted molar refractivity (Wildman–Crippen MR) is 91.7 cm³/mol. The average molecular weight is 317 g/mol. The first kappa shape index (κ1) is 14.2. The second kappa shape index (κ2) is 6.00. The molecule has 1 aromatic carbocycles. The van der Waals surface area contributed by atoms with E-state index in [1.165, 1.54) is 0 Å². The van der Waals surface area contributed by atoms with E-state index in [1.807, 2.05) is 34.9 Å². The summed E-state index contributed by atoms with van der Waals surface area (Å²) in [6.07, 6.45) is 8.96. The Morgan fingerprint density at radius 1 is 0.958 bits per heavy atom. The van der Waals surface area contributed by atoms with E-state index in [0.29, 0.717) is 6.54 Å². The van der Waals surface area contributed by atoms with Gasteiger partial charge in [-0.1, -0.05) is 0 Å². The Hall–Kier alpha value is -3.41. The summed E-state index contributed by atoms with van der Waals surface area (Å²) >= 11 is 0. The summed E-state index contributed by atoms with van der Waals surface area (Å²) in [6, 6.07) is 11.0. The van der Waals surface area contributed by atoms with Crippen LogP contribution in [0.1, 0.15) is 5.56 Å². The van der Waals surface area contributed by atoms with Gasteiger partial charge in [0.1, 0.15) is 5.75 Å². The molecular weight excluding hydrogens is 302 g/mol. The summed E-state index contributed by atoms with van der Waals surface area (Å²) in [5, 5.41) is 12.8. The van der Waals surface area contributed by atoms with Crippen molar-refractivity contribution in [1.82, 2.24) is 19.4 Å². The SMILES string of the molecule is Oc1ccc(-c2cnc3c(NCc4ccncc4)nccn23)cc1. The van der Waals surface area contributed by atoms with Crippen LogP contribution in [0.2, 0.25) is 0 Å². The van der Waals surface area contributed by atoms with Crippen LogP contribution < -0.4 is 5.32 Å². The molecule has 4 aromatic rings. The topological polar surface area (TPSA) is 75.3 Å². The lowest BCUT2D eigenvalue weighted by molar-refractivity contribution is 0.475. The highest BCUT2D eigenvalue weighted by Crippen LogP contribution is 2.25. The van der Waals surface area contributed by atoms with Gasteiger partial charge in [0.2, 0.25) is 0 Å². The van der Waals surface area contributed by atoms with Gasteiger partial charge in [-0.25, -0.2) is 9.97 Å². The van der Waals surface area contributed by atoms with Crippen LogP contribution in [-0.4, -0.2) is 24.5 Å². The zero-order valence-electron chi connectivity index (χ0n) is 12.8. The molecule has 0 aliphatic heterocycles. The Balaban J connectivity index is 1.67. The molecule has 0 atom stereocenters. The fourth-order valence-electron chi connectivity index (χ4n) is 2.58. The van der Waals surface area contributed by atoms with Crippen molar-refractivity contribution in [1.29, 1.82) is 0 Å². The smallest absolute Gasteiger partial charge is 0.180 e. The molecule has 0 saturated heterocycles. The summed E-state index contributed by atoms with van der Waals surface area (Å²) in [7, 11) is 0. The number of benzene rings is 1. The van der Waals surface area contributed by atoms with Crippen molar-refractivity contribution in [3.05, 3.63) is 72.9 Å². The summed E-state index contributed by atoms with van der Waals surface area (Å²) in [5.74, 6) is 0.966. The van der Waals surface area contributed by atoms with Gasteiger partial charge in [-0.3, -0.25) is 9.38 Å². The average Bonchev–Trinajstić information content (AvgIpc) is 3.06. The number of nitrogens with zero attached hydrogens (tertiary/aromatic N) is 4. The minimum atomic E-state index is 0.244. The number of rotatable bonds is 4. The van der Waals surface area contributed by atoms with E-state index in [0.717, 1.165) is 28.3 Å². The highest BCUT2D eigenvalue weighted by molar-refractivity contribution is 5.70. The molecule has 2 N–H and O–H groups in total. The van der Waals surface area contributed by atoms with E-state index in [2.05, 4.69) is 20.3 Å².